The van der Waals surface area contributed by atoms with Crippen molar-refractivity contribution in [2.75, 3.05) is 13.6 Å². The molecule has 1 amide bonds. The largest absolute Gasteiger partial charge is 0.758 e. The Labute approximate surface area is 179 Å². The van der Waals surface area contributed by atoms with Gasteiger partial charge in [0.05, 0.1) is 17.1 Å². The Kier molecular flexibility index (Phi) is 6.49. The number of nitrogens with two attached hydrogens (primary N) is 1. The van der Waals surface area contributed by atoms with E-state index in [0.29, 0.717) is 36.0 Å². The number of hydrogen-bond acceptors (Lipinski definition) is 9. The number of carbonyl (C=O) groups is 1. The quantitative estimate of drug-likeness (QED) is 0.350. The molecule has 0 spiro atoms. The molecular weight excluding hydrogens is 402 g/mol. The molecular formula is C20H26N7O2S-. The zero-order valence-electron chi connectivity index (χ0n) is 17.3. The Morgan fingerprint density at radius 1 is 1.50 bits per heavy atom. The number of hydrogen-bond donors (Lipinski definition) is 3. The molecule has 0 aliphatic carbocycles. The Hall–Kier alpha value is -2.82. The fourth-order valence-electron chi connectivity index (χ4n) is 3.15. The van der Waals surface area contributed by atoms with Crippen LogP contribution in [0.1, 0.15) is 30.8 Å². The second-order valence-electron chi connectivity index (χ2n) is 7.64. The SMILES string of the molecule is CNC=C(C(=N)N1CCC(C)(C)C1=O)N([O-])Cc1cccc(-c2ncc(CN)s2)n1. The van der Waals surface area contributed by atoms with E-state index >= 15 is 0 Å². The van der Waals surface area contributed by atoms with Gasteiger partial charge in [-0.1, -0.05) is 19.9 Å². The second kappa shape index (κ2) is 8.90. The van der Waals surface area contributed by atoms with Gasteiger partial charge < -0.3 is 21.3 Å². The molecule has 0 aromatic carbocycles. The molecule has 0 saturated carbocycles. The molecule has 3 rings (SSSR count). The summed E-state index contributed by atoms with van der Waals surface area (Å²) in [6.07, 6.45) is 3.80. The van der Waals surface area contributed by atoms with Gasteiger partial charge >= 0.3 is 0 Å². The number of carbonyl (C=O) groups excluding carboxylic acids is 1. The number of aromatic nitrogens is 2. The van der Waals surface area contributed by atoms with Crippen molar-refractivity contribution in [1.82, 2.24) is 25.2 Å². The lowest BCUT2D eigenvalue weighted by atomic mass is 9.92. The van der Waals surface area contributed by atoms with Crippen molar-refractivity contribution in [2.45, 2.75) is 33.4 Å². The number of hydroxylamine groups is 2. The van der Waals surface area contributed by atoms with Gasteiger partial charge in [-0.3, -0.25) is 15.1 Å². The van der Waals surface area contributed by atoms with Crippen LogP contribution < -0.4 is 11.1 Å². The fraction of sp³-hybridized carbons (Fsp3) is 0.400. The molecule has 0 atom stereocenters. The molecule has 0 radical (unpaired) electrons. The van der Waals surface area contributed by atoms with E-state index in [2.05, 4.69) is 15.3 Å². The third-order valence-electron chi connectivity index (χ3n) is 4.93. The highest BCUT2D eigenvalue weighted by Crippen LogP contribution is 2.32. The zero-order valence-corrected chi connectivity index (χ0v) is 18.1. The minimum absolute atomic E-state index is 0.0652. The number of amidine groups is 1. The minimum Gasteiger partial charge on any atom is -0.758 e. The molecule has 1 saturated heterocycles. The maximum atomic E-state index is 12.9. The van der Waals surface area contributed by atoms with Crippen LogP contribution in [0.15, 0.2) is 36.3 Å². The van der Waals surface area contributed by atoms with Crippen molar-refractivity contribution in [3.05, 3.63) is 52.1 Å². The number of likely N-dealkylation sites (tertiary alicyclic amines) is 1. The molecule has 2 aromatic rings. The molecule has 1 aliphatic heterocycles. The molecule has 9 nitrogen and oxygen atoms in total. The number of rotatable bonds is 7. The molecule has 10 heteroatoms. The highest BCUT2D eigenvalue weighted by molar-refractivity contribution is 7.14. The third-order valence-corrected chi connectivity index (χ3v) is 5.98. The van der Waals surface area contributed by atoms with Gasteiger partial charge in [-0.2, -0.15) is 0 Å². The normalized spacial score (nSPS) is 16.1. The van der Waals surface area contributed by atoms with E-state index < -0.39 is 5.41 Å². The first-order valence-corrected chi connectivity index (χ1v) is 10.4. The second-order valence-corrected chi connectivity index (χ2v) is 8.76. The minimum atomic E-state index is -0.531. The van der Waals surface area contributed by atoms with Crippen molar-refractivity contribution in [3.8, 4) is 10.7 Å². The van der Waals surface area contributed by atoms with Crippen LogP contribution in [-0.4, -0.2) is 45.3 Å². The molecule has 0 bridgehead atoms. The number of thiazole rings is 1. The molecule has 160 valence electrons. The Balaban J connectivity index is 1.78. The summed E-state index contributed by atoms with van der Waals surface area (Å²) in [6, 6.07) is 5.39. The average Bonchev–Trinajstić information content (AvgIpc) is 3.30. The average molecular weight is 429 g/mol. The van der Waals surface area contributed by atoms with Gasteiger partial charge in [-0.05, 0) is 18.6 Å². The smallest absolute Gasteiger partial charge is 0.233 e. The van der Waals surface area contributed by atoms with Crippen LogP contribution in [0, 0.1) is 16.0 Å². The van der Waals surface area contributed by atoms with Crippen molar-refractivity contribution in [1.29, 1.82) is 5.41 Å². The Bertz CT molecular complexity index is 970. The van der Waals surface area contributed by atoms with Crippen LogP contribution >= 0.6 is 11.3 Å². The first-order chi connectivity index (χ1) is 14.3. The summed E-state index contributed by atoms with van der Waals surface area (Å²) >= 11 is 1.46. The predicted molar refractivity (Wildman–Crippen MR) is 117 cm³/mol. The van der Waals surface area contributed by atoms with Gasteiger partial charge in [0, 0.05) is 49.4 Å². The fourth-order valence-corrected chi connectivity index (χ4v) is 3.91. The molecule has 1 aliphatic rings. The summed E-state index contributed by atoms with van der Waals surface area (Å²) in [5.41, 5.74) is 6.40. The Morgan fingerprint density at radius 2 is 2.27 bits per heavy atom. The molecule has 2 aromatic heterocycles. The van der Waals surface area contributed by atoms with E-state index in [0.717, 1.165) is 9.88 Å². The zero-order chi connectivity index (χ0) is 21.9. The van der Waals surface area contributed by atoms with Crippen LogP contribution in [0.3, 0.4) is 0 Å². The third kappa shape index (κ3) is 4.50. The van der Waals surface area contributed by atoms with Crippen molar-refractivity contribution in [2.24, 2.45) is 11.1 Å². The van der Waals surface area contributed by atoms with Gasteiger partial charge in [-0.25, -0.2) is 9.97 Å². The van der Waals surface area contributed by atoms with Crippen molar-refractivity contribution >= 4 is 23.1 Å². The summed E-state index contributed by atoms with van der Waals surface area (Å²) in [7, 11) is 1.65. The van der Waals surface area contributed by atoms with Gasteiger partial charge in [-0.15, -0.1) is 11.3 Å². The maximum Gasteiger partial charge on any atom is 0.233 e. The summed E-state index contributed by atoms with van der Waals surface area (Å²) in [4.78, 5) is 23.8. The first kappa shape index (κ1) is 21.9. The lowest BCUT2D eigenvalue weighted by Gasteiger charge is -2.35. The topological polar surface area (TPSA) is 134 Å². The van der Waals surface area contributed by atoms with Gasteiger partial charge in [0.2, 0.25) is 5.91 Å². The van der Waals surface area contributed by atoms with E-state index in [-0.39, 0.29) is 24.0 Å². The van der Waals surface area contributed by atoms with E-state index in [4.69, 9.17) is 11.1 Å². The molecule has 30 heavy (non-hydrogen) atoms. The predicted octanol–water partition coefficient (Wildman–Crippen LogP) is 2.26. The summed E-state index contributed by atoms with van der Waals surface area (Å²) < 4.78 is 0. The summed E-state index contributed by atoms with van der Waals surface area (Å²) in [5, 5.41) is 25.6. The summed E-state index contributed by atoms with van der Waals surface area (Å²) in [5.74, 6) is -0.263. The maximum absolute atomic E-state index is 12.9. The number of pyridine rings is 1. The van der Waals surface area contributed by atoms with Crippen molar-refractivity contribution in [3.63, 3.8) is 0 Å². The molecule has 1 fully saturated rings. The highest BCUT2D eigenvalue weighted by atomic mass is 32.1. The van der Waals surface area contributed by atoms with Gasteiger partial charge in [0.25, 0.3) is 0 Å². The molecule has 4 N–H and O–H groups in total. The van der Waals surface area contributed by atoms with Gasteiger partial charge in [0.1, 0.15) is 5.01 Å². The molecule has 3 heterocycles. The van der Waals surface area contributed by atoms with E-state index in [1.54, 1.807) is 19.3 Å². The Morgan fingerprint density at radius 3 is 2.87 bits per heavy atom. The van der Waals surface area contributed by atoms with Crippen LogP contribution in [-0.2, 0) is 17.9 Å². The highest BCUT2D eigenvalue weighted by Gasteiger charge is 2.41. The first-order valence-electron chi connectivity index (χ1n) is 9.61. The van der Waals surface area contributed by atoms with Crippen LogP contribution in [0.25, 0.3) is 10.7 Å². The van der Waals surface area contributed by atoms with Crippen LogP contribution in [0.2, 0.25) is 0 Å². The van der Waals surface area contributed by atoms with Gasteiger partial charge in [0.15, 0.2) is 5.84 Å². The van der Waals surface area contributed by atoms with E-state index in [1.165, 1.54) is 22.4 Å². The van der Waals surface area contributed by atoms with E-state index in [1.807, 2.05) is 26.0 Å². The monoisotopic (exact) mass is 428 g/mol. The number of amides is 1. The van der Waals surface area contributed by atoms with E-state index in [9.17, 15) is 10.0 Å². The van der Waals surface area contributed by atoms with Crippen LogP contribution in [0.4, 0.5) is 0 Å². The summed E-state index contributed by atoms with van der Waals surface area (Å²) in [6.45, 7) is 4.47. The molecule has 0 unspecified atom stereocenters. The lowest BCUT2D eigenvalue weighted by Crippen LogP contribution is -2.40. The van der Waals surface area contributed by atoms with Crippen LogP contribution in [0.5, 0.6) is 0 Å². The van der Waals surface area contributed by atoms with Crippen molar-refractivity contribution < 1.29 is 4.79 Å². The number of nitrogens with zero attached hydrogens (tertiary/aromatic N) is 4. The standard InChI is InChI=1S/C20H26N7O2S/c1-20(2)7-8-26(19(20)28)17(22)16(11-23-3)27(29)12-13-5-4-6-15(25-13)18-24-10-14(9-21)30-18/h4-6,10-11,22-23H,7-9,12,21H2,1-3H3/q-1. The lowest BCUT2D eigenvalue weighted by molar-refractivity contribution is -0.131. The number of nitrogens with one attached hydrogen (secondary N) is 2.